The van der Waals surface area contributed by atoms with Crippen LogP contribution in [0.5, 0.6) is 0 Å². The maximum absolute atomic E-state index is 13.5. The van der Waals surface area contributed by atoms with Crippen molar-refractivity contribution in [2.24, 2.45) is 4.99 Å². The Morgan fingerprint density at radius 2 is 1.62 bits per heavy atom. The number of nitrogens with one attached hydrogen (secondary N) is 2. The fourth-order valence-electron chi connectivity index (χ4n) is 1.99. The molecule has 0 atom stereocenters. The lowest BCUT2D eigenvalue weighted by atomic mass is 10.2. The normalized spacial score (nSPS) is 11.1. The number of nitrogens with zero attached hydrogens (tertiary/aromatic N) is 2. The quantitative estimate of drug-likeness (QED) is 0.239. The van der Waals surface area contributed by atoms with Crippen molar-refractivity contribution < 1.29 is 17.6 Å². The molecule has 1 aromatic carbocycles. The predicted octanol–water partition coefficient (Wildman–Crippen LogP) is 3.03. The van der Waals surface area contributed by atoms with E-state index in [0.717, 1.165) is 0 Å². The number of hydrogen-bond donors (Lipinski definition) is 2. The first-order chi connectivity index (χ1) is 11.0. The number of rotatable bonds is 5. The van der Waals surface area contributed by atoms with Crippen molar-refractivity contribution in [2.75, 3.05) is 13.6 Å². The average molecular weight is 456 g/mol. The first kappa shape index (κ1) is 20.3. The third-order valence-corrected chi connectivity index (χ3v) is 3.19. The molecule has 9 heteroatoms. The zero-order chi connectivity index (χ0) is 16.8. The molecule has 2 aromatic rings. The maximum atomic E-state index is 13.5. The van der Waals surface area contributed by atoms with Gasteiger partial charge in [0.05, 0.1) is 0 Å². The Morgan fingerprint density at radius 1 is 1.04 bits per heavy atom. The van der Waals surface area contributed by atoms with Crippen LogP contribution in [-0.4, -0.2) is 24.1 Å². The van der Waals surface area contributed by atoms with Crippen molar-refractivity contribution in [3.8, 4) is 0 Å². The lowest BCUT2D eigenvalue weighted by molar-refractivity contribution is 0.437. The number of aromatic nitrogens is 1. The fraction of sp³-hybridized carbons (Fsp3) is 0.267. The van der Waals surface area contributed by atoms with Gasteiger partial charge in [0, 0.05) is 50.7 Å². The minimum absolute atomic E-state index is 0. The Labute approximate surface area is 154 Å². The first-order valence-corrected chi connectivity index (χ1v) is 6.90. The van der Waals surface area contributed by atoms with Crippen LogP contribution < -0.4 is 10.6 Å². The van der Waals surface area contributed by atoms with E-state index in [-0.39, 0.29) is 36.0 Å². The van der Waals surface area contributed by atoms with Gasteiger partial charge in [-0.05, 0) is 12.1 Å². The SMILES string of the molecule is CN=C(NCCn1cccc1)NCc1c(F)c(F)cc(F)c1F.I. The summed E-state index contributed by atoms with van der Waals surface area (Å²) < 4.78 is 55.3. The lowest BCUT2D eigenvalue weighted by Crippen LogP contribution is -2.38. The molecule has 0 aliphatic heterocycles. The highest BCUT2D eigenvalue weighted by atomic mass is 127. The summed E-state index contributed by atoms with van der Waals surface area (Å²) in [5.74, 6) is -5.44. The van der Waals surface area contributed by atoms with Crippen molar-refractivity contribution in [2.45, 2.75) is 13.1 Å². The fourth-order valence-corrected chi connectivity index (χ4v) is 1.99. The van der Waals surface area contributed by atoms with Gasteiger partial charge in [-0.15, -0.1) is 24.0 Å². The summed E-state index contributed by atoms with van der Waals surface area (Å²) in [7, 11) is 1.48. The molecule has 2 rings (SSSR count). The van der Waals surface area contributed by atoms with Crippen LogP contribution in [-0.2, 0) is 13.1 Å². The highest BCUT2D eigenvalue weighted by molar-refractivity contribution is 14.0. The minimum Gasteiger partial charge on any atom is -0.355 e. The van der Waals surface area contributed by atoms with E-state index in [4.69, 9.17) is 0 Å². The topological polar surface area (TPSA) is 41.4 Å². The van der Waals surface area contributed by atoms with Gasteiger partial charge in [-0.2, -0.15) is 0 Å². The molecular formula is C15H17F4IN4. The van der Waals surface area contributed by atoms with Crippen LogP contribution in [0.3, 0.4) is 0 Å². The van der Waals surface area contributed by atoms with Gasteiger partial charge < -0.3 is 15.2 Å². The average Bonchev–Trinajstić information content (AvgIpc) is 3.04. The Bertz CT molecular complexity index is 663. The van der Waals surface area contributed by atoms with Crippen molar-refractivity contribution in [1.29, 1.82) is 0 Å². The number of hydrogen-bond acceptors (Lipinski definition) is 1. The highest BCUT2D eigenvalue weighted by Crippen LogP contribution is 2.18. The van der Waals surface area contributed by atoms with Gasteiger partial charge in [-0.1, -0.05) is 0 Å². The van der Waals surface area contributed by atoms with Crippen molar-refractivity contribution in [1.82, 2.24) is 15.2 Å². The standard InChI is InChI=1S/C15H16F4N4.HI/c1-20-15(21-4-7-23-5-2-3-6-23)22-9-10-13(18)11(16)8-12(17)14(10)19;/h2-3,5-6,8H,4,7,9H2,1H3,(H2,20,21,22);1H. The van der Waals surface area contributed by atoms with Crippen molar-refractivity contribution >= 4 is 29.9 Å². The molecule has 1 heterocycles. The van der Waals surface area contributed by atoms with E-state index >= 15 is 0 Å². The van der Waals surface area contributed by atoms with Crippen molar-refractivity contribution in [3.63, 3.8) is 0 Å². The number of guanidine groups is 1. The minimum atomic E-state index is -1.43. The van der Waals surface area contributed by atoms with E-state index < -0.39 is 35.4 Å². The molecule has 4 nitrogen and oxygen atoms in total. The second-order valence-electron chi connectivity index (χ2n) is 4.72. The summed E-state index contributed by atoms with van der Waals surface area (Å²) in [5.41, 5.74) is -0.712. The number of aliphatic imine (C=N–C) groups is 1. The third kappa shape index (κ3) is 5.11. The molecule has 0 aliphatic rings. The third-order valence-electron chi connectivity index (χ3n) is 3.19. The second kappa shape index (κ2) is 9.50. The molecule has 1 aromatic heterocycles. The van der Waals surface area contributed by atoms with Crippen LogP contribution in [0.25, 0.3) is 0 Å². The van der Waals surface area contributed by atoms with Gasteiger partial charge in [-0.25, -0.2) is 17.6 Å². The van der Waals surface area contributed by atoms with E-state index in [2.05, 4.69) is 15.6 Å². The molecule has 0 saturated carbocycles. The Kier molecular flexibility index (Phi) is 8.02. The smallest absolute Gasteiger partial charge is 0.191 e. The van der Waals surface area contributed by atoms with Crippen LogP contribution >= 0.6 is 24.0 Å². The maximum Gasteiger partial charge on any atom is 0.191 e. The summed E-state index contributed by atoms with van der Waals surface area (Å²) in [6.45, 7) is 0.734. The Hall–Kier alpha value is -1.78. The second-order valence-corrected chi connectivity index (χ2v) is 4.72. The summed E-state index contributed by atoms with van der Waals surface area (Å²) in [5, 5.41) is 5.55. The summed E-state index contributed by atoms with van der Waals surface area (Å²) >= 11 is 0. The molecule has 132 valence electrons. The molecule has 0 saturated heterocycles. The van der Waals surface area contributed by atoms with Gasteiger partial charge in [0.2, 0.25) is 0 Å². The number of benzene rings is 1. The molecular weight excluding hydrogens is 439 g/mol. The monoisotopic (exact) mass is 456 g/mol. The molecule has 24 heavy (non-hydrogen) atoms. The van der Waals surface area contributed by atoms with Crippen molar-refractivity contribution in [3.05, 3.63) is 59.4 Å². The Balaban J connectivity index is 0.00000288. The van der Waals surface area contributed by atoms with E-state index in [0.29, 0.717) is 13.1 Å². The van der Waals surface area contributed by atoms with E-state index in [1.807, 2.05) is 29.1 Å². The zero-order valence-electron chi connectivity index (χ0n) is 12.8. The van der Waals surface area contributed by atoms with Gasteiger partial charge in [0.1, 0.15) is 0 Å². The molecule has 0 spiro atoms. The molecule has 0 bridgehead atoms. The van der Waals surface area contributed by atoms with Crippen LogP contribution in [0.2, 0.25) is 0 Å². The summed E-state index contributed by atoms with van der Waals surface area (Å²) in [6.07, 6.45) is 3.77. The molecule has 0 aliphatic carbocycles. The van der Waals surface area contributed by atoms with Gasteiger partial charge >= 0.3 is 0 Å². The highest BCUT2D eigenvalue weighted by Gasteiger charge is 2.18. The molecule has 0 amide bonds. The van der Waals surface area contributed by atoms with E-state index in [9.17, 15) is 17.6 Å². The largest absolute Gasteiger partial charge is 0.355 e. The molecule has 0 unspecified atom stereocenters. The number of halogens is 5. The van der Waals surface area contributed by atoms with Crippen LogP contribution in [0.1, 0.15) is 5.56 Å². The van der Waals surface area contributed by atoms with Crippen LogP contribution in [0.15, 0.2) is 35.6 Å². The van der Waals surface area contributed by atoms with Gasteiger partial charge in [0.15, 0.2) is 29.2 Å². The molecule has 0 fully saturated rings. The Morgan fingerprint density at radius 3 is 2.17 bits per heavy atom. The predicted molar refractivity (Wildman–Crippen MR) is 94.3 cm³/mol. The van der Waals surface area contributed by atoms with Gasteiger partial charge in [0.25, 0.3) is 0 Å². The van der Waals surface area contributed by atoms with Crippen LogP contribution in [0, 0.1) is 23.3 Å². The van der Waals surface area contributed by atoms with Crippen LogP contribution in [0.4, 0.5) is 17.6 Å². The molecule has 2 N–H and O–H groups in total. The van der Waals surface area contributed by atoms with E-state index in [1.54, 1.807) is 0 Å². The lowest BCUT2D eigenvalue weighted by Gasteiger charge is -2.13. The summed E-state index contributed by atoms with van der Waals surface area (Å²) in [4.78, 5) is 3.88. The zero-order valence-corrected chi connectivity index (χ0v) is 15.2. The summed E-state index contributed by atoms with van der Waals surface area (Å²) in [6, 6.07) is 3.95. The molecule has 0 radical (unpaired) electrons. The van der Waals surface area contributed by atoms with E-state index in [1.165, 1.54) is 7.05 Å². The van der Waals surface area contributed by atoms with Gasteiger partial charge in [-0.3, -0.25) is 4.99 Å². The first-order valence-electron chi connectivity index (χ1n) is 6.90.